The van der Waals surface area contributed by atoms with Gasteiger partial charge in [0.05, 0.1) is 12.6 Å². The molecule has 4 rings (SSSR count). The van der Waals surface area contributed by atoms with E-state index in [0.717, 1.165) is 43.3 Å². The maximum atomic E-state index is 12.4. The fourth-order valence-corrected chi connectivity index (χ4v) is 3.40. The summed E-state index contributed by atoms with van der Waals surface area (Å²) < 4.78 is 5.62. The van der Waals surface area contributed by atoms with Gasteiger partial charge >= 0.3 is 0 Å². The van der Waals surface area contributed by atoms with Gasteiger partial charge in [-0.25, -0.2) is 4.98 Å². The SMILES string of the molecule is O=C(CN1CCN(c2ccccn2)CC1)NC1COc2ccccc21. The molecule has 0 spiro atoms. The topological polar surface area (TPSA) is 57.7 Å². The van der Waals surface area contributed by atoms with Gasteiger partial charge < -0.3 is 15.0 Å². The number of aromatic nitrogens is 1. The lowest BCUT2D eigenvalue weighted by molar-refractivity contribution is -0.123. The fourth-order valence-electron chi connectivity index (χ4n) is 3.40. The smallest absolute Gasteiger partial charge is 0.234 e. The number of rotatable bonds is 4. The van der Waals surface area contributed by atoms with Crippen molar-refractivity contribution in [2.24, 2.45) is 0 Å². The van der Waals surface area contributed by atoms with E-state index in [1.165, 1.54) is 0 Å². The van der Waals surface area contributed by atoms with Crippen molar-refractivity contribution in [2.45, 2.75) is 6.04 Å². The van der Waals surface area contributed by atoms with Crippen molar-refractivity contribution in [1.29, 1.82) is 0 Å². The number of benzene rings is 1. The van der Waals surface area contributed by atoms with Gasteiger partial charge in [0.15, 0.2) is 0 Å². The first-order chi connectivity index (χ1) is 12.3. The van der Waals surface area contributed by atoms with Crippen LogP contribution in [0.1, 0.15) is 11.6 Å². The number of piperazine rings is 1. The van der Waals surface area contributed by atoms with E-state index in [0.29, 0.717) is 13.2 Å². The van der Waals surface area contributed by atoms with Crippen molar-refractivity contribution in [3.63, 3.8) is 0 Å². The van der Waals surface area contributed by atoms with Gasteiger partial charge in [-0.05, 0) is 18.2 Å². The van der Waals surface area contributed by atoms with Crippen molar-refractivity contribution in [3.05, 3.63) is 54.2 Å². The van der Waals surface area contributed by atoms with Gasteiger partial charge in [-0.2, -0.15) is 0 Å². The molecule has 6 nitrogen and oxygen atoms in total. The number of hydrogen-bond acceptors (Lipinski definition) is 5. The summed E-state index contributed by atoms with van der Waals surface area (Å²) in [6.07, 6.45) is 1.82. The van der Waals surface area contributed by atoms with Crippen LogP contribution in [0, 0.1) is 0 Å². The second-order valence-electron chi connectivity index (χ2n) is 6.42. The van der Waals surface area contributed by atoms with E-state index in [1.807, 2.05) is 48.7 Å². The first kappa shape index (κ1) is 15.9. The maximum absolute atomic E-state index is 12.4. The van der Waals surface area contributed by atoms with Crippen molar-refractivity contribution >= 4 is 11.7 Å². The van der Waals surface area contributed by atoms with Crippen molar-refractivity contribution < 1.29 is 9.53 Å². The van der Waals surface area contributed by atoms with Gasteiger partial charge in [0.1, 0.15) is 18.2 Å². The van der Waals surface area contributed by atoms with Crippen LogP contribution in [0.25, 0.3) is 0 Å². The van der Waals surface area contributed by atoms with Crippen LogP contribution in [0.4, 0.5) is 5.82 Å². The summed E-state index contributed by atoms with van der Waals surface area (Å²) in [6, 6.07) is 13.8. The first-order valence-electron chi connectivity index (χ1n) is 8.69. The Balaban J connectivity index is 1.27. The molecule has 1 fully saturated rings. The van der Waals surface area contributed by atoms with Crippen LogP contribution >= 0.6 is 0 Å². The Hall–Kier alpha value is -2.60. The van der Waals surface area contributed by atoms with Gasteiger partial charge in [-0.3, -0.25) is 9.69 Å². The second-order valence-corrected chi connectivity index (χ2v) is 6.42. The summed E-state index contributed by atoms with van der Waals surface area (Å²) in [6.45, 7) is 4.44. The molecule has 1 aromatic carbocycles. The fraction of sp³-hybridized carbons (Fsp3) is 0.368. The molecule has 1 amide bonds. The Labute approximate surface area is 147 Å². The zero-order chi connectivity index (χ0) is 17.1. The zero-order valence-electron chi connectivity index (χ0n) is 14.1. The lowest BCUT2D eigenvalue weighted by Gasteiger charge is -2.35. The molecule has 0 saturated carbocycles. The van der Waals surface area contributed by atoms with E-state index >= 15 is 0 Å². The average molecular weight is 338 g/mol. The van der Waals surface area contributed by atoms with Crippen LogP contribution in [0.15, 0.2) is 48.7 Å². The lowest BCUT2D eigenvalue weighted by atomic mass is 10.1. The highest BCUT2D eigenvalue weighted by Gasteiger charge is 2.26. The molecular formula is C19H22N4O2. The summed E-state index contributed by atoms with van der Waals surface area (Å²) in [5.41, 5.74) is 1.07. The molecule has 1 N–H and O–H groups in total. The third kappa shape index (κ3) is 3.58. The van der Waals surface area contributed by atoms with E-state index < -0.39 is 0 Å². The van der Waals surface area contributed by atoms with Gasteiger partial charge in [-0.15, -0.1) is 0 Å². The molecule has 0 radical (unpaired) electrons. The molecule has 1 unspecified atom stereocenters. The van der Waals surface area contributed by atoms with E-state index in [4.69, 9.17) is 4.74 Å². The number of hydrogen-bond donors (Lipinski definition) is 1. The van der Waals surface area contributed by atoms with E-state index in [-0.39, 0.29) is 11.9 Å². The molecule has 25 heavy (non-hydrogen) atoms. The Morgan fingerprint density at radius 2 is 1.92 bits per heavy atom. The Morgan fingerprint density at radius 3 is 2.72 bits per heavy atom. The number of pyridine rings is 1. The highest BCUT2D eigenvalue weighted by Crippen LogP contribution is 2.31. The molecule has 0 bridgehead atoms. The first-order valence-corrected chi connectivity index (χ1v) is 8.69. The number of amides is 1. The number of ether oxygens (including phenoxy) is 1. The summed E-state index contributed by atoms with van der Waals surface area (Å²) >= 11 is 0. The van der Waals surface area contributed by atoms with Crippen LogP contribution in [-0.4, -0.2) is 55.1 Å². The molecule has 1 aromatic heterocycles. The highest BCUT2D eigenvalue weighted by atomic mass is 16.5. The van der Waals surface area contributed by atoms with Crippen LogP contribution in [0.5, 0.6) is 5.75 Å². The van der Waals surface area contributed by atoms with Gasteiger partial charge in [-0.1, -0.05) is 24.3 Å². The minimum absolute atomic E-state index is 0.0430. The third-order valence-corrected chi connectivity index (χ3v) is 4.75. The number of nitrogens with zero attached hydrogens (tertiary/aromatic N) is 3. The van der Waals surface area contributed by atoms with Gasteiger partial charge in [0.25, 0.3) is 0 Å². The molecule has 3 heterocycles. The number of fused-ring (bicyclic) bond motifs is 1. The normalized spacial score (nSPS) is 20.0. The van der Waals surface area contributed by atoms with Crippen molar-refractivity contribution in [1.82, 2.24) is 15.2 Å². The van der Waals surface area contributed by atoms with Gasteiger partial charge in [0, 0.05) is 37.9 Å². The van der Waals surface area contributed by atoms with E-state index in [1.54, 1.807) is 0 Å². The predicted octanol–water partition coefficient (Wildman–Crippen LogP) is 1.45. The average Bonchev–Trinajstić information content (AvgIpc) is 3.06. The molecule has 2 aromatic rings. The summed E-state index contributed by atoms with van der Waals surface area (Å²) in [4.78, 5) is 21.2. The molecule has 1 saturated heterocycles. The Morgan fingerprint density at radius 1 is 1.12 bits per heavy atom. The quantitative estimate of drug-likeness (QED) is 0.914. The molecular weight excluding hydrogens is 316 g/mol. The predicted molar refractivity (Wildman–Crippen MR) is 95.7 cm³/mol. The molecule has 2 aliphatic heterocycles. The molecule has 6 heteroatoms. The van der Waals surface area contributed by atoms with Crippen LogP contribution < -0.4 is 15.0 Å². The molecule has 130 valence electrons. The number of para-hydroxylation sites is 1. The second kappa shape index (κ2) is 7.11. The van der Waals surface area contributed by atoms with Crippen molar-refractivity contribution in [2.75, 3.05) is 44.2 Å². The summed E-state index contributed by atoms with van der Waals surface area (Å²) in [5, 5.41) is 3.09. The number of carbonyl (C=O) groups is 1. The third-order valence-electron chi connectivity index (χ3n) is 4.75. The zero-order valence-corrected chi connectivity index (χ0v) is 14.1. The van der Waals surface area contributed by atoms with Gasteiger partial charge in [0.2, 0.25) is 5.91 Å². The monoisotopic (exact) mass is 338 g/mol. The Kier molecular flexibility index (Phi) is 4.52. The van der Waals surface area contributed by atoms with Crippen LogP contribution in [0.2, 0.25) is 0 Å². The minimum atomic E-state index is -0.0430. The standard InChI is InChI=1S/C19H22N4O2/c24-19(21-16-14-25-17-6-2-1-5-15(16)17)13-22-9-11-23(12-10-22)18-7-3-4-8-20-18/h1-8,16H,9-14H2,(H,21,24). The van der Waals surface area contributed by atoms with Crippen LogP contribution in [0.3, 0.4) is 0 Å². The van der Waals surface area contributed by atoms with Crippen molar-refractivity contribution in [3.8, 4) is 5.75 Å². The lowest BCUT2D eigenvalue weighted by Crippen LogP contribution is -2.50. The molecule has 1 atom stereocenters. The van der Waals surface area contributed by atoms with Crippen LogP contribution in [-0.2, 0) is 4.79 Å². The highest BCUT2D eigenvalue weighted by molar-refractivity contribution is 5.78. The number of nitrogens with one attached hydrogen (secondary N) is 1. The minimum Gasteiger partial charge on any atom is -0.491 e. The number of carbonyl (C=O) groups excluding carboxylic acids is 1. The van der Waals surface area contributed by atoms with E-state index in [9.17, 15) is 4.79 Å². The maximum Gasteiger partial charge on any atom is 0.234 e. The summed E-state index contributed by atoms with van der Waals surface area (Å²) in [5.74, 6) is 1.93. The Bertz CT molecular complexity index is 729. The molecule has 0 aliphatic carbocycles. The summed E-state index contributed by atoms with van der Waals surface area (Å²) in [7, 11) is 0. The number of anilines is 1. The molecule has 2 aliphatic rings. The largest absolute Gasteiger partial charge is 0.491 e. The van der Waals surface area contributed by atoms with E-state index in [2.05, 4.69) is 20.1 Å².